The standard InChI is InChI=1S/C23H24O9/c1-11-16(30-23-21(28)20(27)19(26)17(10-24)31-23)8-7-14-15(9-18(25)32-22(11)14)12-3-5-13(29-2)6-4-12/h3-9,17,19-21,23-24,26-28H,10H2,1-2H3/t17-,19-,20+,21-,23-/m1/s1. The van der Waals surface area contributed by atoms with Crippen LogP contribution in [0.2, 0.25) is 0 Å². The van der Waals surface area contributed by atoms with Gasteiger partial charge in [0.15, 0.2) is 0 Å². The molecule has 0 unspecified atom stereocenters. The Hall–Kier alpha value is -2.95. The predicted molar refractivity (Wildman–Crippen MR) is 114 cm³/mol. The Balaban J connectivity index is 1.72. The average molecular weight is 444 g/mol. The van der Waals surface area contributed by atoms with Crippen molar-refractivity contribution in [3.63, 3.8) is 0 Å². The van der Waals surface area contributed by atoms with Gasteiger partial charge in [0.25, 0.3) is 0 Å². The fraction of sp³-hybridized carbons (Fsp3) is 0.348. The molecule has 5 atom stereocenters. The van der Waals surface area contributed by atoms with Crippen LogP contribution in [-0.2, 0) is 4.74 Å². The third-order valence-electron chi connectivity index (χ3n) is 5.60. The van der Waals surface area contributed by atoms with E-state index in [-0.39, 0.29) is 5.75 Å². The first-order valence-electron chi connectivity index (χ1n) is 10.0. The summed E-state index contributed by atoms with van der Waals surface area (Å²) in [5.41, 5.74) is 1.70. The molecular formula is C23H24O9. The van der Waals surface area contributed by atoms with E-state index in [1.165, 1.54) is 6.07 Å². The number of aryl methyl sites for hydroxylation is 1. The summed E-state index contributed by atoms with van der Waals surface area (Å²) in [7, 11) is 1.57. The minimum Gasteiger partial charge on any atom is -0.497 e. The van der Waals surface area contributed by atoms with Crippen LogP contribution in [0.15, 0.2) is 51.7 Å². The van der Waals surface area contributed by atoms with E-state index in [0.717, 1.165) is 5.56 Å². The van der Waals surface area contributed by atoms with Crippen LogP contribution in [0.25, 0.3) is 22.1 Å². The summed E-state index contributed by atoms with van der Waals surface area (Å²) >= 11 is 0. The molecule has 170 valence electrons. The lowest BCUT2D eigenvalue weighted by atomic mass is 9.99. The number of benzene rings is 2. The van der Waals surface area contributed by atoms with Gasteiger partial charge in [-0.15, -0.1) is 0 Å². The Kier molecular flexibility index (Phi) is 6.18. The normalized spacial score (nSPS) is 25.6. The number of aliphatic hydroxyl groups is 4. The minimum atomic E-state index is -1.56. The molecular weight excluding hydrogens is 420 g/mol. The van der Waals surface area contributed by atoms with Crippen molar-refractivity contribution < 1.29 is 39.1 Å². The lowest BCUT2D eigenvalue weighted by Crippen LogP contribution is -2.60. The summed E-state index contributed by atoms with van der Waals surface area (Å²) in [6, 6.07) is 12.0. The zero-order valence-corrected chi connectivity index (χ0v) is 17.5. The first-order valence-corrected chi connectivity index (χ1v) is 10.0. The average Bonchev–Trinajstić information content (AvgIpc) is 2.81. The smallest absolute Gasteiger partial charge is 0.336 e. The summed E-state index contributed by atoms with van der Waals surface area (Å²) in [6.45, 7) is 1.12. The molecule has 1 saturated heterocycles. The molecule has 0 spiro atoms. The number of methoxy groups -OCH3 is 1. The second-order valence-electron chi connectivity index (χ2n) is 7.59. The maximum Gasteiger partial charge on any atom is 0.336 e. The van der Waals surface area contributed by atoms with Gasteiger partial charge in [-0.1, -0.05) is 12.1 Å². The van der Waals surface area contributed by atoms with E-state index in [4.69, 9.17) is 18.6 Å². The molecule has 0 radical (unpaired) electrons. The molecule has 4 N–H and O–H groups in total. The van der Waals surface area contributed by atoms with E-state index in [0.29, 0.717) is 27.8 Å². The Morgan fingerprint density at radius 3 is 2.38 bits per heavy atom. The van der Waals surface area contributed by atoms with Gasteiger partial charge in [-0.3, -0.25) is 0 Å². The maximum absolute atomic E-state index is 12.3. The van der Waals surface area contributed by atoms with Gasteiger partial charge in [0.05, 0.1) is 13.7 Å². The number of hydrogen-bond donors (Lipinski definition) is 4. The molecule has 2 heterocycles. The van der Waals surface area contributed by atoms with Crippen molar-refractivity contribution in [1.29, 1.82) is 0 Å². The molecule has 0 saturated carbocycles. The first-order chi connectivity index (χ1) is 15.3. The van der Waals surface area contributed by atoms with Gasteiger partial charge in [-0.2, -0.15) is 0 Å². The molecule has 1 aliphatic heterocycles. The zero-order chi connectivity index (χ0) is 23.0. The van der Waals surface area contributed by atoms with Crippen molar-refractivity contribution in [1.82, 2.24) is 0 Å². The predicted octanol–water partition coefficient (Wildman–Crippen LogP) is 0.956. The quantitative estimate of drug-likeness (QED) is 0.424. The highest BCUT2D eigenvalue weighted by Crippen LogP contribution is 2.35. The summed E-state index contributed by atoms with van der Waals surface area (Å²) in [4.78, 5) is 12.3. The molecule has 3 aromatic rings. The number of fused-ring (bicyclic) bond motifs is 1. The van der Waals surface area contributed by atoms with Gasteiger partial charge in [0, 0.05) is 17.0 Å². The molecule has 0 aliphatic carbocycles. The van der Waals surface area contributed by atoms with E-state index in [9.17, 15) is 25.2 Å². The van der Waals surface area contributed by atoms with Crippen molar-refractivity contribution in [2.24, 2.45) is 0 Å². The van der Waals surface area contributed by atoms with E-state index < -0.39 is 42.9 Å². The van der Waals surface area contributed by atoms with Gasteiger partial charge in [0.2, 0.25) is 6.29 Å². The number of ether oxygens (including phenoxy) is 3. The molecule has 0 amide bonds. The second-order valence-corrected chi connectivity index (χ2v) is 7.59. The molecule has 1 aliphatic rings. The van der Waals surface area contributed by atoms with Gasteiger partial charge in [-0.25, -0.2) is 4.79 Å². The number of rotatable bonds is 5. The highest BCUT2D eigenvalue weighted by atomic mass is 16.7. The van der Waals surface area contributed by atoms with Crippen LogP contribution < -0.4 is 15.1 Å². The Labute approximate surface area is 183 Å². The third kappa shape index (κ3) is 3.96. The topological polar surface area (TPSA) is 139 Å². The zero-order valence-electron chi connectivity index (χ0n) is 17.5. The van der Waals surface area contributed by atoms with E-state index >= 15 is 0 Å². The highest BCUT2D eigenvalue weighted by Gasteiger charge is 2.44. The molecule has 2 aromatic carbocycles. The van der Waals surface area contributed by atoms with Crippen LogP contribution in [0, 0.1) is 6.92 Å². The van der Waals surface area contributed by atoms with Crippen molar-refractivity contribution >= 4 is 11.0 Å². The van der Waals surface area contributed by atoms with Crippen LogP contribution in [0.1, 0.15) is 5.56 Å². The lowest BCUT2D eigenvalue weighted by molar-refractivity contribution is -0.277. The summed E-state index contributed by atoms with van der Waals surface area (Å²) in [6.07, 6.45) is -7.05. The van der Waals surface area contributed by atoms with E-state index in [1.54, 1.807) is 38.3 Å². The van der Waals surface area contributed by atoms with Crippen LogP contribution >= 0.6 is 0 Å². The summed E-state index contributed by atoms with van der Waals surface area (Å²) < 4.78 is 21.8. The molecule has 9 nitrogen and oxygen atoms in total. The van der Waals surface area contributed by atoms with Gasteiger partial charge >= 0.3 is 5.63 Å². The molecule has 1 fully saturated rings. The van der Waals surface area contributed by atoms with Crippen molar-refractivity contribution in [3.8, 4) is 22.6 Å². The summed E-state index contributed by atoms with van der Waals surface area (Å²) in [5.74, 6) is 0.935. The van der Waals surface area contributed by atoms with Crippen LogP contribution in [0.3, 0.4) is 0 Å². The van der Waals surface area contributed by atoms with Crippen LogP contribution in [-0.4, -0.2) is 64.8 Å². The van der Waals surface area contributed by atoms with Crippen LogP contribution in [0.4, 0.5) is 0 Å². The lowest BCUT2D eigenvalue weighted by Gasteiger charge is -2.39. The second kappa shape index (κ2) is 8.89. The fourth-order valence-corrected chi connectivity index (χ4v) is 3.77. The first kappa shape index (κ1) is 22.3. The molecule has 0 bridgehead atoms. The molecule has 4 rings (SSSR count). The SMILES string of the molecule is COc1ccc(-c2cc(=O)oc3c(C)c(O[C@@H]4O[C@H](CO)[C@@H](O)[C@H](O)[C@H]4O)ccc23)cc1. The molecule has 1 aromatic heterocycles. The highest BCUT2D eigenvalue weighted by molar-refractivity contribution is 5.95. The third-order valence-corrected chi connectivity index (χ3v) is 5.60. The largest absolute Gasteiger partial charge is 0.497 e. The minimum absolute atomic E-state index is 0.247. The Morgan fingerprint density at radius 1 is 1.00 bits per heavy atom. The van der Waals surface area contributed by atoms with E-state index in [1.807, 2.05) is 12.1 Å². The van der Waals surface area contributed by atoms with Crippen molar-refractivity contribution in [2.45, 2.75) is 37.6 Å². The number of aliphatic hydroxyl groups excluding tert-OH is 4. The molecule has 32 heavy (non-hydrogen) atoms. The Morgan fingerprint density at radius 2 is 1.72 bits per heavy atom. The fourth-order valence-electron chi connectivity index (χ4n) is 3.77. The van der Waals surface area contributed by atoms with E-state index in [2.05, 4.69) is 0 Å². The van der Waals surface area contributed by atoms with Gasteiger partial charge in [0.1, 0.15) is 41.5 Å². The van der Waals surface area contributed by atoms with Crippen LogP contribution in [0.5, 0.6) is 11.5 Å². The Bertz CT molecular complexity index is 1150. The number of hydrogen-bond acceptors (Lipinski definition) is 9. The molecule has 9 heteroatoms. The van der Waals surface area contributed by atoms with Gasteiger partial charge < -0.3 is 39.1 Å². The summed E-state index contributed by atoms with van der Waals surface area (Å²) in [5, 5.41) is 40.2. The monoisotopic (exact) mass is 444 g/mol. The van der Waals surface area contributed by atoms with Crippen molar-refractivity contribution in [3.05, 3.63) is 58.4 Å². The van der Waals surface area contributed by atoms with Crippen molar-refractivity contribution in [2.75, 3.05) is 13.7 Å². The maximum atomic E-state index is 12.3. The van der Waals surface area contributed by atoms with Gasteiger partial charge in [-0.05, 0) is 42.3 Å².